The third-order valence-corrected chi connectivity index (χ3v) is 3.70. The summed E-state index contributed by atoms with van der Waals surface area (Å²) in [7, 11) is 0. The molecule has 0 amide bonds. The molecule has 0 radical (unpaired) electrons. The molecule has 0 fully saturated rings. The zero-order valence-corrected chi connectivity index (χ0v) is 12.1. The van der Waals surface area contributed by atoms with Crippen molar-refractivity contribution in [2.45, 2.75) is 31.8 Å². The standard InChI is InChI=1S/C17H18ClFO/c1-12(13-5-3-2-4-6-13)9-16(20)10-14-7-8-15(18)11-17(14)19/h2-8,11-12,16,20H,9-10H2,1H3. The lowest BCUT2D eigenvalue weighted by Crippen LogP contribution is -2.14. The van der Waals surface area contributed by atoms with Gasteiger partial charge in [-0.05, 0) is 35.6 Å². The molecule has 3 heteroatoms. The van der Waals surface area contributed by atoms with Crippen LogP contribution < -0.4 is 0 Å². The maximum absolute atomic E-state index is 13.7. The van der Waals surface area contributed by atoms with Gasteiger partial charge in [0.05, 0.1) is 6.10 Å². The lowest BCUT2D eigenvalue weighted by Gasteiger charge is -2.17. The molecule has 0 aliphatic carbocycles. The number of hydrogen-bond donors (Lipinski definition) is 1. The highest BCUT2D eigenvalue weighted by molar-refractivity contribution is 6.30. The maximum Gasteiger partial charge on any atom is 0.127 e. The minimum absolute atomic E-state index is 0.238. The predicted molar refractivity (Wildman–Crippen MR) is 80.6 cm³/mol. The van der Waals surface area contributed by atoms with E-state index in [0.717, 1.165) is 0 Å². The van der Waals surface area contributed by atoms with Crippen molar-refractivity contribution in [3.63, 3.8) is 0 Å². The molecule has 106 valence electrons. The molecule has 0 spiro atoms. The molecule has 2 aromatic rings. The second-order valence-corrected chi connectivity index (χ2v) is 5.58. The quantitative estimate of drug-likeness (QED) is 0.855. The fourth-order valence-corrected chi connectivity index (χ4v) is 2.51. The molecular weight excluding hydrogens is 275 g/mol. The molecule has 2 aromatic carbocycles. The third-order valence-electron chi connectivity index (χ3n) is 3.46. The van der Waals surface area contributed by atoms with E-state index in [1.807, 2.05) is 30.3 Å². The molecule has 20 heavy (non-hydrogen) atoms. The normalized spacial score (nSPS) is 14.0. The number of benzene rings is 2. The van der Waals surface area contributed by atoms with Gasteiger partial charge in [-0.15, -0.1) is 0 Å². The lowest BCUT2D eigenvalue weighted by molar-refractivity contribution is 0.156. The lowest BCUT2D eigenvalue weighted by atomic mass is 9.92. The van der Waals surface area contributed by atoms with Crippen molar-refractivity contribution in [1.82, 2.24) is 0 Å². The Morgan fingerprint density at radius 2 is 1.85 bits per heavy atom. The zero-order chi connectivity index (χ0) is 14.5. The summed E-state index contributed by atoms with van der Waals surface area (Å²) < 4.78 is 13.7. The van der Waals surface area contributed by atoms with Gasteiger partial charge < -0.3 is 5.11 Å². The molecule has 0 bridgehead atoms. The summed E-state index contributed by atoms with van der Waals surface area (Å²) in [6, 6.07) is 14.6. The minimum atomic E-state index is -0.569. The van der Waals surface area contributed by atoms with Crippen LogP contribution in [0.5, 0.6) is 0 Å². The van der Waals surface area contributed by atoms with E-state index >= 15 is 0 Å². The maximum atomic E-state index is 13.7. The molecule has 2 atom stereocenters. The number of hydrogen-bond acceptors (Lipinski definition) is 1. The van der Waals surface area contributed by atoms with E-state index in [4.69, 9.17) is 11.6 Å². The summed E-state index contributed by atoms with van der Waals surface area (Å²) in [5.74, 6) is -0.120. The monoisotopic (exact) mass is 292 g/mol. The van der Waals surface area contributed by atoms with Gasteiger partial charge in [-0.3, -0.25) is 0 Å². The van der Waals surface area contributed by atoms with E-state index < -0.39 is 6.10 Å². The van der Waals surface area contributed by atoms with Crippen LogP contribution in [-0.4, -0.2) is 11.2 Å². The molecule has 1 N–H and O–H groups in total. The summed E-state index contributed by atoms with van der Waals surface area (Å²) in [6.07, 6.45) is 0.340. The average molecular weight is 293 g/mol. The van der Waals surface area contributed by atoms with Crippen molar-refractivity contribution in [1.29, 1.82) is 0 Å². The topological polar surface area (TPSA) is 20.2 Å². The first-order valence-corrected chi connectivity index (χ1v) is 7.11. The van der Waals surface area contributed by atoms with Crippen molar-refractivity contribution in [2.75, 3.05) is 0 Å². The molecule has 1 nitrogen and oxygen atoms in total. The highest BCUT2D eigenvalue weighted by Gasteiger charge is 2.14. The molecule has 2 unspecified atom stereocenters. The Hall–Kier alpha value is -1.38. The van der Waals surface area contributed by atoms with Gasteiger partial charge in [-0.25, -0.2) is 4.39 Å². The van der Waals surface area contributed by atoms with Crippen molar-refractivity contribution >= 4 is 11.6 Å². The van der Waals surface area contributed by atoms with E-state index in [0.29, 0.717) is 23.4 Å². The van der Waals surface area contributed by atoms with E-state index in [-0.39, 0.29) is 11.7 Å². The second kappa shape index (κ2) is 6.87. The van der Waals surface area contributed by atoms with E-state index in [1.54, 1.807) is 12.1 Å². The first kappa shape index (κ1) is 15.0. The molecule has 0 saturated heterocycles. The van der Waals surface area contributed by atoms with Crippen LogP contribution in [0.25, 0.3) is 0 Å². The molecule has 0 aliphatic heterocycles. The Balaban J connectivity index is 1.97. The van der Waals surface area contributed by atoms with Crippen LogP contribution in [0.15, 0.2) is 48.5 Å². The predicted octanol–water partition coefficient (Wildman–Crippen LogP) is 4.58. The molecule has 0 saturated carbocycles. The van der Waals surface area contributed by atoms with Gasteiger partial charge in [-0.2, -0.15) is 0 Å². The Bertz CT molecular complexity index is 556. The Morgan fingerprint density at radius 3 is 2.50 bits per heavy atom. The van der Waals surface area contributed by atoms with Crippen molar-refractivity contribution < 1.29 is 9.50 Å². The van der Waals surface area contributed by atoms with Gasteiger partial charge in [0.15, 0.2) is 0 Å². The average Bonchev–Trinajstić information content (AvgIpc) is 2.43. The molecular formula is C17H18ClFO. The van der Waals surface area contributed by atoms with Crippen LogP contribution in [0.4, 0.5) is 4.39 Å². The smallest absolute Gasteiger partial charge is 0.127 e. The first-order chi connectivity index (χ1) is 9.56. The molecule has 0 aliphatic rings. The highest BCUT2D eigenvalue weighted by atomic mass is 35.5. The second-order valence-electron chi connectivity index (χ2n) is 5.14. The SMILES string of the molecule is CC(CC(O)Cc1ccc(Cl)cc1F)c1ccccc1. The van der Waals surface area contributed by atoms with Crippen LogP contribution in [0.1, 0.15) is 30.4 Å². The van der Waals surface area contributed by atoms with E-state index in [9.17, 15) is 9.50 Å². The van der Waals surface area contributed by atoms with Crippen LogP contribution in [0, 0.1) is 5.82 Å². The van der Waals surface area contributed by atoms with Crippen molar-refractivity contribution in [3.8, 4) is 0 Å². The minimum Gasteiger partial charge on any atom is -0.393 e. The van der Waals surface area contributed by atoms with Gasteiger partial charge in [0, 0.05) is 11.4 Å². The fraction of sp³-hybridized carbons (Fsp3) is 0.294. The molecule has 0 aromatic heterocycles. The molecule has 2 rings (SSSR count). The fourth-order valence-electron chi connectivity index (χ4n) is 2.35. The van der Waals surface area contributed by atoms with E-state index in [2.05, 4.69) is 6.92 Å². The van der Waals surface area contributed by atoms with Crippen molar-refractivity contribution in [2.24, 2.45) is 0 Å². The zero-order valence-electron chi connectivity index (χ0n) is 11.4. The first-order valence-electron chi connectivity index (χ1n) is 6.73. The third kappa shape index (κ3) is 4.06. The van der Waals surface area contributed by atoms with Gasteiger partial charge in [0.25, 0.3) is 0 Å². The Labute approximate surface area is 124 Å². The van der Waals surface area contributed by atoms with Crippen molar-refractivity contribution in [3.05, 3.63) is 70.5 Å². The van der Waals surface area contributed by atoms with Crippen LogP contribution >= 0.6 is 11.6 Å². The summed E-state index contributed by atoms with van der Waals surface area (Å²) in [5, 5.41) is 10.5. The number of rotatable bonds is 5. The Morgan fingerprint density at radius 1 is 1.15 bits per heavy atom. The van der Waals surface area contributed by atoms with E-state index in [1.165, 1.54) is 11.6 Å². The van der Waals surface area contributed by atoms with Gasteiger partial charge in [0.2, 0.25) is 0 Å². The Kier molecular flexibility index (Phi) is 5.16. The number of aliphatic hydroxyl groups is 1. The summed E-state index contributed by atoms with van der Waals surface area (Å²) in [4.78, 5) is 0. The highest BCUT2D eigenvalue weighted by Crippen LogP contribution is 2.23. The number of halogens is 2. The van der Waals surface area contributed by atoms with Crippen LogP contribution in [-0.2, 0) is 6.42 Å². The summed E-state index contributed by atoms with van der Waals surface area (Å²) in [6.45, 7) is 2.07. The van der Waals surface area contributed by atoms with Gasteiger partial charge >= 0.3 is 0 Å². The van der Waals surface area contributed by atoms with Gasteiger partial charge in [0.1, 0.15) is 5.82 Å². The largest absolute Gasteiger partial charge is 0.393 e. The summed E-state index contributed by atoms with van der Waals surface area (Å²) in [5.41, 5.74) is 1.69. The summed E-state index contributed by atoms with van der Waals surface area (Å²) >= 11 is 5.72. The van der Waals surface area contributed by atoms with Gasteiger partial charge in [-0.1, -0.05) is 54.9 Å². The van der Waals surface area contributed by atoms with Crippen LogP contribution in [0.2, 0.25) is 5.02 Å². The number of aliphatic hydroxyl groups excluding tert-OH is 1. The van der Waals surface area contributed by atoms with Crippen LogP contribution in [0.3, 0.4) is 0 Å². The molecule has 0 heterocycles.